The maximum atomic E-state index is 9.65. The minimum Gasteiger partial charge on any atom is -0.475 e. The summed E-state index contributed by atoms with van der Waals surface area (Å²) in [5.74, 6) is 1.22. The number of hydrogen-bond acceptors (Lipinski definition) is 5. The molecule has 5 heteroatoms. The highest BCUT2D eigenvalue weighted by molar-refractivity contribution is 5.27. The molecule has 1 aromatic rings. The standard InChI is InChI=1S/C12H21N3O2/c1-8(2)10(16)7-14-12-13-6-5-11(15-12)17-9(3)4/h5-6,8-10,16H,7H2,1-4H3,(H,13,14,15). The highest BCUT2D eigenvalue weighted by atomic mass is 16.5. The highest BCUT2D eigenvalue weighted by Crippen LogP contribution is 2.10. The minimum atomic E-state index is -0.409. The van der Waals surface area contributed by atoms with Crippen LogP contribution in [0.15, 0.2) is 12.3 Å². The Morgan fingerprint density at radius 3 is 2.65 bits per heavy atom. The number of aromatic nitrogens is 2. The molecule has 5 nitrogen and oxygen atoms in total. The molecule has 1 aromatic heterocycles. The first kappa shape index (κ1) is 13.7. The number of aliphatic hydroxyl groups is 1. The average Bonchev–Trinajstić information content (AvgIpc) is 2.25. The van der Waals surface area contributed by atoms with E-state index in [1.54, 1.807) is 12.3 Å². The van der Waals surface area contributed by atoms with Gasteiger partial charge in [0.05, 0.1) is 12.2 Å². The maximum absolute atomic E-state index is 9.65. The van der Waals surface area contributed by atoms with Gasteiger partial charge < -0.3 is 15.2 Å². The van der Waals surface area contributed by atoms with Gasteiger partial charge in [0, 0.05) is 18.8 Å². The summed E-state index contributed by atoms with van der Waals surface area (Å²) in [5.41, 5.74) is 0. The predicted molar refractivity (Wildman–Crippen MR) is 67.1 cm³/mol. The van der Waals surface area contributed by atoms with E-state index in [1.807, 2.05) is 27.7 Å². The van der Waals surface area contributed by atoms with Crippen molar-refractivity contribution in [1.29, 1.82) is 0 Å². The van der Waals surface area contributed by atoms with Crippen LogP contribution < -0.4 is 10.1 Å². The SMILES string of the molecule is CC(C)Oc1ccnc(NCC(O)C(C)C)n1. The Bertz CT molecular complexity index is 342. The predicted octanol–water partition coefficient (Wildman–Crippen LogP) is 1.69. The number of ether oxygens (including phenoxy) is 1. The molecule has 0 aliphatic carbocycles. The second kappa shape index (κ2) is 6.39. The van der Waals surface area contributed by atoms with Gasteiger partial charge >= 0.3 is 0 Å². The van der Waals surface area contributed by atoms with E-state index in [2.05, 4.69) is 15.3 Å². The van der Waals surface area contributed by atoms with Crippen molar-refractivity contribution < 1.29 is 9.84 Å². The van der Waals surface area contributed by atoms with Gasteiger partial charge in [0.1, 0.15) is 0 Å². The lowest BCUT2D eigenvalue weighted by Gasteiger charge is -2.15. The molecule has 0 bridgehead atoms. The molecular weight excluding hydrogens is 218 g/mol. The lowest BCUT2D eigenvalue weighted by Crippen LogP contribution is -2.25. The molecular formula is C12H21N3O2. The van der Waals surface area contributed by atoms with Gasteiger partial charge in [0.25, 0.3) is 0 Å². The maximum Gasteiger partial charge on any atom is 0.226 e. The molecule has 1 rings (SSSR count). The zero-order chi connectivity index (χ0) is 12.8. The van der Waals surface area contributed by atoms with Crippen LogP contribution in [0.2, 0.25) is 0 Å². The van der Waals surface area contributed by atoms with Crippen LogP contribution in [0.1, 0.15) is 27.7 Å². The minimum absolute atomic E-state index is 0.0824. The topological polar surface area (TPSA) is 67.3 Å². The van der Waals surface area contributed by atoms with Gasteiger partial charge in [-0.05, 0) is 19.8 Å². The van der Waals surface area contributed by atoms with E-state index in [9.17, 15) is 5.11 Å². The lowest BCUT2D eigenvalue weighted by molar-refractivity contribution is 0.137. The average molecular weight is 239 g/mol. The smallest absolute Gasteiger partial charge is 0.226 e. The van der Waals surface area contributed by atoms with Crippen LogP contribution in [0.3, 0.4) is 0 Å². The molecule has 1 heterocycles. The van der Waals surface area contributed by atoms with E-state index in [4.69, 9.17) is 4.74 Å². The number of hydrogen-bond donors (Lipinski definition) is 2. The van der Waals surface area contributed by atoms with Crippen molar-refractivity contribution in [3.8, 4) is 5.88 Å². The Hall–Kier alpha value is -1.36. The zero-order valence-corrected chi connectivity index (χ0v) is 10.8. The molecule has 0 aromatic carbocycles. The van der Waals surface area contributed by atoms with Crippen molar-refractivity contribution in [2.45, 2.75) is 39.9 Å². The third kappa shape index (κ3) is 4.99. The molecule has 17 heavy (non-hydrogen) atoms. The van der Waals surface area contributed by atoms with Crippen LogP contribution in [-0.2, 0) is 0 Å². The van der Waals surface area contributed by atoms with Crippen LogP contribution in [0, 0.1) is 5.92 Å². The summed E-state index contributed by atoms with van der Waals surface area (Å²) < 4.78 is 5.46. The summed E-state index contributed by atoms with van der Waals surface area (Å²) in [4.78, 5) is 8.25. The van der Waals surface area contributed by atoms with Crippen LogP contribution in [0.5, 0.6) is 5.88 Å². The third-order valence-corrected chi connectivity index (χ3v) is 2.23. The Kier molecular flexibility index (Phi) is 5.15. The van der Waals surface area contributed by atoms with Crippen molar-refractivity contribution in [3.05, 3.63) is 12.3 Å². The monoisotopic (exact) mass is 239 g/mol. The quantitative estimate of drug-likeness (QED) is 0.790. The van der Waals surface area contributed by atoms with Crippen molar-refractivity contribution in [3.63, 3.8) is 0 Å². The van der Waals surface area contributed by atoms with Crippen molar-refractivity contribution in [1.82, 2.24) is 9.97 Å². The van der Waals surface area contributed by atoms with Crippen LogP contribution in [0.4, 0.5) is 5.95 Å². The summed E-state index contributed by atoms with van der Waals surface area (Å²) in [7, 11) is 0. The fraction of sp³-hybridized carbons (Fsp3) is 0.667. The largest absolute Gasteiger partial charge is 0.475 e. The molecule has 0 amide bonds. The van der Waals surface area contributed by atoms with Crippen LogP contribution in [0.25, 0.3) is 0 Å². The van der Waals surface area contributed by atoms with Gasteiger partial charge in [-0.2, -0.15) is 4.98 Å². The summed E-state index contributed by atoms with van der Waals surface area (Å²) >= 11 is 0. The third-order valence-electron chi connectivity index (χ3n) is 2.23. The summed E-state index contributed by atoms with van der Waals surface area (Å²) in [6.45, 7) is 8.25. The molecule has 0 fully saturated rings. The Balaban J connectivity index is 2.54. The van der Waals surface area contributed by atoms with E-state index >= 15 is 0 Å². The summed E-state index contributed by atoms with van der Waals surface area (Å²) in [5, 5.41) is 12.6. The van der Waals surface area contributed by atoms with E-state index < -0.39 is 6.10 Å². The molecule has 1 atom stereocenters. The van der Waals surface area contributed by atoms with E-state index in [0.717, 1.165) is 0 Å². The van der Waals surface area contributed by atoms with Crippen molar-refractivity contribution in [2.75, 3.05) is 11.9 Å². The second-order valence-electron chi connectivity index (χ2n) is 4.58. The number of anilines is 1. The second-order valence-corrected chi connectivity index (χ2v) is 4.58. The first-order valence-corrected chi connectivity index (χ1v) is 5.90. The normalized spacial score (nSPS) is 12.9. The summed E-state index contributed by atoms with van der Waals surface area (Å²) in [6.07, 6.45) is 1.31. The van der Waals surface area contributed by atoms with Crippen LogP contribution in [-0.4, -0.2) is 33.8 Å². The molecule has 0 aliphatic heterocycles. The van der Waals surface area contributed by atoms with Gasteiger partial charge in [-0.15, -0.1) is 0 Å². The molecule has 0 spiro atoms. The van der Waals surface area contributed by atoms with Gasteiger partial charge in [0.15, 0.2) is 0 Å². The first-order chi connectivity index (χ1) is 7.99. The molecule has 2 N–H and O–H groups in total. The highest BCUT2D eigenvalue weighted by Gasteiger charge is 2.09. The van der Waals surface area contributed by atoms with Gasteiger partial charge in [0.2, 0.25) is 11.8 Å². The fourth-order valence-corrected chi connectivity index (χ4v) is 1.17. The number of nitrogens with zero attached hydrogens (tertiary/aromatic N) is 2. The Morgan fingerprint density at radius 1 is 1.35 bits per heavy atom. The number of nitrogens with one attached hydrogen (secondary N) is 1. The summed E-state index contributed by atoms with van der Waals surface area (Å²) in [6, 6.07) is 1.71. The van der Waals surface area contributed by atoms with E-state index in [0.29, 0.717) is 18.4 Å². The van der Waals surface area contributed by atoms with Crippen LogP contribution >= 0.6 is 0 Å². The zero-order valence-electron chi connectivity index (χ0n) is 10.8. The molecule has 96 valence electrons. The first-order valence-electron chi connectivity index (χ1n) is 5.90. The molecule has 0 aliphatic rings. The van der Waals surface area contributed by atoms with E-state index in [-0.39, 0.29) is 12.0 Å². The molecule has 1 unspecified atom stereocenters. The van der Waals surface area contributed by atoms with Crippen molar-refractivity contribution in [2.24, 2.45) is 5.92 Å². The van der Waals surface area contributed by atoms with Crippen molar-refractivity contribution >= 4 is 5.95 Å². The molecule has 0 radical (unpaired) electrons. The van der Waals surface area contributed by atoms with E-state index in [1.165, 1.54) is 0 Å². The number of rotatable bonds is 6. The van der Waals surface area contributed by atoms with Gasteiger partial charge in [-0.25, -0.2) is 4.98 Å². The molecule has 0 saturated carbocycles. The number of aliphatic hydroxyl groups excluding tert-OH is 1. The lowest BCUT2D eigenvalue weighted by atomic mass is 10.1. The van der Waals surface area contributed by atoms with Gasteiger partial charge in [-0.3, -0.25) is 0 Å². The fourth-order valence-electron chi connectivity index (χ4n) is 1.17. The van der Waals surface area contributed by atoms with Gasteiger partial charge in [-0.1, -0.05) is 13.8 Å². The Morgan fingerprint density at radius 2 is 2.06 bits per heavy atom. The Labute approximate surface area is 102 Å². The molecule has 0 saturated heterocycles.